The normalized spacial score (nSPS) is 36.6. The molecule has 0 bridgehead atoms. The van der Waals surface area contributed by atoms with Gasteiger partial charge in [-0.1, -0.05) is 32.1 Å². The number of alkyl halides is 3. The van der Waals surface area contributed by atoms with Crippen LogP contribution in [0.2, 0.25) is 0 Å². The van der Waals surface area contributed by atoms with Crippen LogP contribution in [-0.4, -0.2) is 88.8 Å². The lowest BCUT2D eigenvalue weighted by molar-refractivity contribution is -0.208. The molecule has 200 valence electrons. The number of aliphatic hydroxyl groups excluding tert-OH is 4. The Labute approximate surface area is 201 Å². The van der Waals surface area contributed by atoms with Crippen molar-refractivity contribution in [3.63, 3.8) is 0 Å². The van der Waals surface area contributed by atoms with Crippen molar-refractivity contribution in [2.45, 2.75) is 101 Å². The number of hydrogen-bond donors (Lipinski definition) is 4. The number of ether oxygens (including phenoxy) is 1. The number of aliphatic hydroxyl groups is 4. The van der Waals surface area contributed by atoms with Crippen molar-refractivity contribution in [1.29, 1.82) is 0 Å². The second-order valence-electron chi connectivity index (χ2n) is 10.8. The minimum Gasteiger partial charge on any atom is -0.395 e. The Morgan fingerprint density at radius 3 is 2.26 bits per heavy atom. The fourth-order valence-corrected chi connectivity index (χ4v) is 6.47. The maximum Gasteiger partial charge on any atom is 0.392 e. The molecule has 2 aliphatic carbocycles. The lowest BCUT2D eigenvalue weighted by Crippen LogP contribution is -2.62. The molecule has 0 aromatic carbocycles. The first-order valence-electron chi connectivity index (χ1n) is 13.3. The van der Waals surface area contributed by atoms with E-state index in [-0.39, 0.29) is 32.1 Å². The smallest absolute Gasteiger partial charge is 0.392 e. The van der Waals surface area contributed by atoms with Gasteiger partial charge in [0.05, 0.1) is 24.7 Å². The van der Waals surface area contributed by atoms with Crippen molar-refractivity contribution in [1.82, 2.24) is 4.90 Å². The zero-order valence-electron chi connectivity index (χ0n) is 20.2. The number of unbranched alkanes of at least 4 members (excludes halogenated alkanes) is 2. The minimum atomic E-state index is -4.16. The van der Waals surface area contributed by atoms with E-state index in [1.54, 1.807) is 4.90 Å². The predicted octanol–water partition coefficient (Wildman–Crippen LogP) is 3.11. The Balaban J connectivity index is 1.34. The molecular weight excluding hydrogens is 451 g/mol. The van der Waals surface area contributed by atoms with E-state index in [9.17, 15) is 33.6 Å². The van der Waals surface area contributed by atoms with Crippen LogP contribution in [-0.2, 0) is 4.74 Å². The molecule has 3 rings (SSSR count). The predicted molar refractivity (Wildman–Crippen MR) is 122 cm³/mol. The second-order valence-corrected chi connectivity index (χ2v) is 10.8. The molecule has 3 aliphatic rings. The fourth-order valence-electron chi connectivity index (χ4n) is 6.47. The summed E-state index contributed by atoms with van der Waals surface area (Å²) >= 11 is 0. The number of halogens is 3. The van der Waals surface area contributed by atoms with Crippen LogP contribution in [0.5, 0.6) is 0 Å². The van der Waals surface area contributed by atoms with Gasteiger partial charge in [-0.15, -0.1) is 0 Å². The molecule has 3 unspecified atom stereocenters. The molecule has 7 atom stereocenters. The molecule has 3 fully saturated rings. The third-order valence-electron chi connectivity index (χ3n) is 8.55. The Bertz CT molecular complexity index is 589. The van der Waals surface area contributed by atoms with E-state index >= 15 is 0 Å². The molecule has 0 spiro atoms. The quantitative estimate of drug-likeness (QED) is 0.348. The average Bonchev–Trinajstić information content (AvgIpc) is 2.82. The summed E-state index contributed by atoms with van der Waals surface area (Å²) in [7, 11) is 0. The highest BCUT2D eigenvalue weighted by atomic mass is 19.4. The highest BCUT2D eigenvalue weighted by molar-refractivity contribution is 4.94. The summed E-state index contributed by atoms with van der Waals surface area (Å²) in [5.74, 6) is -1.03. The summed E-state index contributed by atoms with van der Waals surface area (Å²) in [6.07, 6.45) is 2.02. The summed E-state index contributed by atoms with van der Waals surface area (Å²) in [4.78, 5) is 1.78. The van der Waals surface area contributed by atoms with Gasteiger partial charge >= 0.3 is 6.18 Å². The molecule has 0 radical (unpaired) electrons. The second kappa shape index (κ2) is 13.2. The van der Waals surface area contributed by atoms with Gasteiger partial charge in [0, 0.05) is 19.8 Å². The van der Waals surface area contributed by atoms with E-state index in [2.05, 4.69) is 0 Å². The molecule has 34 heavy (non-hydrogen) atoms. The molecule has 0 aromatic heterocycles. The van der Waals surface area contributed by atoms with Gasteiger partial charge in [0.15, 0.2) is 0 Å². The Morgan fingerprint density at radius 1 is 0.853 bits per heavy atom. The number of hydrogen-bond acceptors (Lipinski definition) is 6. The van der Waals surface area contributed by atoms with Gasteiger partial charge < -0.3 is 25.2 Å². The Hall–Kier alpha value is -0.450. The van der Waals surface area contributed by atoms with Crippen molar-refractivity contribution in [3.8, 4) is 0 Å². The summed E-state index contributed by atoms with van der Waals surface area (Å²) in [5.41, 5.74) is 0. The number of β-amino-alcohol motifs (C(OH)–C–C–N with tert-alkyl or cyclic N) is 1. The third kappa shape index (κ3) is 7.53. The van der Waals surface area contributed by atoms with Gasteiger partial charge in [-0.3, -0.25) is 4.90 Å². The van der Waals surface area contributed by atoms with Gasteiger partial charge in [-0.25, -0.2) is 0 Å². The van der Waals surface area contributed by atoms with Crippen LogP contribution in [0.25, 0.3) is 0 Å². The van der Waals surface area contributed by atoms with Crippen LogP contribution < -0.4 is 0 Å². The Morgan fingerprint density at radius 2 is 1.59 bits per heavy atom. The zero-order chi connectivity index (χ0) is 24.7. The maximum absolute atomic E-state index is 13.8. The average molecular weight is 496 g/mol. The first kappa shape index (κ1) is 28.1. The van der Waals surface area contributed by atoms with Crippen LogP contribution in [0, 0.1) is 23.7 Å². The van der Waals surface area contributed by atoms with Gasteiger partial charge in [-0.2, -0.15) is 13.2 Å². The molecular formula is C25H44F3NO5. The van der Waals surface area contributed by atoms with Crippen LogP contribution in [0.4, 0.5) is 13.2 Å². The number of nitrogens with zero attached hydrogens (tertiary/aromatic N) is 1. The molecule has 0 amide bonds. The number of piperidine rings is 1. The van der Waals surface area contributed by atoms with Gasteiger partial charge in [-0.05, 0) is 62.8 Å². The van der Waals surface area contributed by atoms with Crippen molar-refractivity contribution in [2.75, 3.05) is 32.9 Å². The van der Waals surface area contributed by atoms with Gasteiger partial charge in [0.1, 0.15) is 12.2 Å². The molecule has 0 aromatic rings. The van der Waals surface area contributed by atoms with E-state index in [1.807, 2.05) is 0 Å². The zero-order valence-corrected chi connectivity index (χ0v) is 20.2. The Kier molecular flexibility index (Phi) is 10.9. The largest absolute Gasteiger partial charge is 0.395 e. The van der Waals surface area contributed by atoms with Crippen molar-refractivity contribution in [2.24, 2.45) is 23.7 Å². The van der Waals surface area contributed by atoms with Crippen LogP contribution in [0.15, 0.2) is 0 Å². The topological polar surface area (TPSA) is 93.4 Å². The first-order valence-corrected chi connectivity index (χ1v) is 13.3. The highest BCUT2D eigenvalue weighted by Gasteiger charge is 2.48. The molecule has 1 aliphatic heterocycles. The van der Waals surface area contributed by atoms with Crippen molar-refractivity contribution >= 4 is 0 Å². The van der Waals surface area contributed by atoms with Gasteiger partial charge in [0.2, 0.25) is 0 Å². The molecule has 2 saturated carbocycles. The van der Waals surface area contributed by atoms with Crippen LogP contribution in [0.1, 0.15) is 70.6 Å². The molecule has 4 N–H and O–H groups in total. The SMILES string of the molecule is OC[C@@H]1[C@H](O)[C@H](O)[C@@H](O)CN1CCCCCOCC1CCC(C2CCCCC2)CC1C(F)(F)F. The van der Waals surface area contributed by atoms with Crippen LogP contribution in [0.3, 0.4) is 0 Å². The van der Waals surface area contributed by atoms with Crippen molar-refractivity contribution in [3.05, 3.63) is 0 Å². The molecule has 6 nitrogen and oxygen atoms in total. The van der Waals surface area contributed by atoms with E-state index in [0.29, 0.717) is 25.5 Å². The lowest BCUT2D eigenvalue weighted by Gasteiger charge is -2.43. The summed E-state index contributed by atoms with van der Waals surface area (Å²) < 4.78 is 47.1. The van der Waals surface area contributed by atoms with E-state index in [0.717, 1.165) is 51.4 Å². The maximum atomic E-state index is 13.8. The monoisotopic (exact) mass is 495 g/mol. The number of likely N-dealkylation sites (tertiary alicyclic amines) is 1. The molecule has 9 heteroatoms. The highest BCUT2D eigenvalue weighted by Crippen LogP contribution is 2.48. The van der Waals surface area contributed by atoms with E-state index in [1.165, 1.54) is 6.42 Å². The standard InChI is InChI=1S/C25H44F3NO5/c26-25(27,28)20-13-18(17-7-3-1-4-8-17)9-10-19(20)16-34-12-6-2-5-11-29-14-22(31)24(33)23(32)21(29)15-30/h17-24,30-33H,1-16H2/t18?,19?,20?,21-,22+,23+,24-/m1/s1. The third-order valence-corrected chi connectivity index (χ3v) is 8.55. The van der Waals surface area contributed by atoms with E-state index in [4.69, 9.17) is 4.74 Å². The summed E-state index contributed by atoms with van der Waals surface area (Å²) in [5, 5.41) is 39.2. The van der Waals surface area contributed by atoms with E-state index < -0.39 is 42.4 Å². The van der Waals surface area contributed by atoms with Crippen LogP contribution >= 0.6 is 0 Å². The fraction of sp³-hybridized carbons (Fsp3) is 1.00. The summed E-state index contributed by atoms with van der Waals surface area (Å²) in [6, 6.07) is -0.613. The first-order chi connectivity index (χ1) is 16.2. The van der Waals surface area contributed by atoms with Gasteiger partial charge in [0.25, 0.3) is 0 Å². The van der Waals surface area contributed by atoms with Crippen molar-refractivity contribution < 1.29 is 38.3 Å². The molecule has 1 heterocycles. The number of rotatable bonds is 10. The minimum absolute atomic E-state index is 0.163. The summed E-state index contributed by atoms with van der Waals surface area (Å²) in [6.45, 7) is 1.00. The lowest BCUT2D eigenvalue weighted by atomic mass is 9.67. The molecule has 1 saturated heterocycles.